The van der Waals surface area contributed by atoms with Crippen LogP contribution in [0, 0.1) is 0 Å². The van der Waals surface area contributed by atoms with Gasteiger partial charge in [-0.05, 0) is 17.5 Å². The van der Waals surface area contributed by atoms with Gasteiger partial charge in [-0.3, -0.25) is 0 Å². The molecule has 22 heavy (non-hydrogen) atoms. The Balaban J connectivity index is 2.34. The highest BCUT2D eigenvalue weighted by atomic mass is 15.1. The molecule has 3 N–H and O–H groups in total. The van der Waals surface area contributed by atoms with E-state index in [9.17, 15) is 0 Å². The third-order valence-corrected chi connectivity index (χ3v) is 3.64. The zero-order chi connectivity index (χ0) is 15.7. The first kappa shape index (κ1) is 14.3. The number of nitrogens with two attached hydrogens (primary N) is 1. The third-order valence-electron chi connectivity index (χ3n) is 3.64. The van der Waals surface area contributed by atoms with Crippen LogP contribution in [0.5, 0.6) is 0 Å². The summed E-state index contributed by atoms with van der Waals surface area (Å²) in [6.45, 7) is 4.32. The van der Waals surface area contributed by atoms with Gasteiger partial charge in [0, 0.05) is 12.6 Å². The summed E-state index contributed by atoms with van der Waals surface area (Å²) < 4.78 is 0. The lowest BCUT2D eigenvalue weighted by atomic mass is 9.96. The van der Waals surface area contributed by atoms with Gasteiger partial charge in [-0.1, -0.05) is 44.2 Å². The molecule has 0 aliphatic heterocycles. The number of pyridine rings is 1. The Bertz CT molecular complexity index is 812. The highest BCUT2D eigenvalue weighted by Crippen LogP contribution is 2.32. The van der Waals surface area contributed by atoms with Crippen molar-refractivity contribution in [3.05, 3.63) is 42.0 Å². The minimum Gasteiger partial charge on any atom is -0.372 e. The van der Waals surface area contributed by atoms with Crippen molar-refractivity contribution in [1.82, 2.24) is 15.0 Å². The number of nitrogens with one attached hydrogen (secondary N) is 1. The predicted molar refractivity (Wildman–Crippen MR) is 90.8 cm³/mol. The number of benzene rings is 1. The Morgan fingerprint density at radius 2 is 1.77 bits per heavy atom. The fraction of sp³-hybridized carbons (Fsp3) is 0.235. The normalized spacial score (nSPS) is 11.1. The van der Waals surface area contributed by atoms with Crippen molar-refractivity contribution in [3.8, 4) is 11.3 Å². The summed E-state index contributed by atoms with van der Waals surface area (Å²) in [5.41, 5.74) is 9.59. The van der Waals surface area contributed by atoms with E-state index in [-0.39, 0.29) is 5.95 Å². The van der Waals surface area contributed by atoms with Crippen LogP contribution in [0.1, 0.15) is 25.3 Å². The second kappa shape index (κ2) is 5.60. The first-order valence-corrected chi connectivity index (χ1v) is 7.31. The van der Waals surface area contributed by atoms with Crippen LogP contribution < -0.4 is 11.1 Å². The lowest BCUT2D eigenvalue weighted by molar-refractivity contribution is 0.864. The fourth-order valence-corrected chi connectivity index (χ4v) is 2.54. The highest BCUT2D eigenvalue weighted by Gasteiger charge is 2.15. The van der Waals surface area contributed by atoms with Gasteiger partial charge in [-0.2, -0.15) is 9.97 Å². The van der Waals surface area contributed by atoms with E-state index in [0.29, 0.717) is 17.4 Å². The summed E-state index contributed by atoms with van der Waals surface area (Å²) in [6, 6.07) is 12.3. The zero-order valence-electron chi connectivity index (χ0n) is 13.0. The molecule has 0 saturated carbocycles. The number of aromatic nitrogens is 3. The third kappa shape index (κ3) is 2.45. The van der Waals surface area contributed by atoms with E-state index in [0.717, 1.165) is 16.6 Å². The van der Waals surface area contributed by atoms with E-state index < -0.39 is 0 Å². The Kier molecular flexibility index (Phi) is 3.63. The van der Waals surface area contributed by atoms with E-state index in [1.54, 1.807) is 0 Å². The number of fused-ring (bicyclic) bond motifs is 1. The molecule has 0 atom stereocenters. The van der Waals surface area contributed by atoms with Crippen molar-refractivity contribution < 1.29 is 0 Å². The summed E-state index contributed by atoms with van der Waals surface area (Å²) in [7, 11) is 1.82. The Morgan fingerprint density at radius 3 is 2.41 bits per heavy atom. The molecule has 1 aromatic carbocycles. The molecule has 112 valence electrons. The van der Waals surface area contributed by atoms with E-state index in [1.165, 1.54) is 5.56 Å². The van der Waals surface area contributed by atoms with Gasteiger partial charge in [-0.15, -0.1) is 0 Å². The second-order valence-corrected chi connectivity index (χ2v) is 5.50. The molecule has 2 aromatic heterocycles. The Hall–Kier alpha value is -2.69. The van der Waals surface area contributed by atoms with Crippen LogP contribution in [0.25, 0.3) is 22.3 Å². The van der Waals surface area contributed by atoms with Gasteiger partial charge in [0.05, 0.1) is 11.1 Å². The van der Waals surface area contributed by atoms with Crippen molar-refractivity contribution in [2.24, 2.45) is 0 Å². The molecule has 0 spiro atoms. The zero-order valence-corrected chi connectivity index (χ0v) is 13.0. The molecule has 5 heteroatoms. The van der Waals surface area contributed by atoms with Gasteiger partial charge < -0.3 is 11.1 Å². The summed E-state index contributed by atoms with van der Waals surface area (Å²) in [4.78, 5) is 13.3. The molecule has 0 amide bonds. The molecule has 0 fully saturated rings. The Morgan fingerprint density at radius 1 is 1.05 bits per heavy atom. The van der Waals surface area contributed by atoms with Gasteiger partial charge in [0.15, 0.2) is 5.65 Å². The lowest BCUT2D eigenvalue weighted by Crippen LogP contribution is -2.05. The molecule has 0 radical (unpaired) electrons. The summed E-state index contributed by atoms with van der Waals surface area (Å²) in [5.74, 6) is 1.27. The van der Waals surface area contributed by atoms with Crippen LogP contribution in [0.4, 0.5) is 11.8 Å². The average molecular weight is 293 g/mol. The molecular formula is C17H19N5. The van der Waals surface area contributed by atoms with E-state index in [2.05, 4.69) is 47.3 Å². The van der Waals surface area contributed by atoms with Crippen molar-refractivity contribution in [3.63, 3.8) is 0 Å². The van der Waals surface area contributed by atoms with Crippen LogP contribution >= 0.6 is 0 Å². The fourth-order valence-electron chi connectivity index (χ4n) is 2.54. The van der Waals surface area contributed by atoms with E-state index in [1.807, 2.05) is 25.2 Å². The minimum atomic E-state index is 0.223. The number of hydrogen-bond acceptors (Lipinski definition) is 5. The van der Waals surface area contributed by atoms with E-state index in [4.69, 9.17) is 10.7 Å². The number of hydrogen-bond donors (Lipinski definition) is 2. The van der Waals surface area contributed by atoms with Gasteiger partial charge in [0.1, 0.15) is 5.82 Å². The summed E-state index contributed by atoms with van der Waals surface area (Å²) in [6.07, 6.45) is 0. The van der Waals surface area contributed by atoms with Crippen molar-refractivity contribution in [2.75, 3.05) is 18.1 Å². The monoisotopic (exact) mass is 293 g/mol. The first-order chi connectivity index (χ1) is 10.6. The molecule has 3 rings (SSSR count). The first-order valence-electron chi connectivity index (χ1n) is 7.31. The van der Waals surface area contributed by atoms with Crippen LogP contribution in [0.15, 0.2) is 36.4 Å². The van der Waals surface area contributed by atoms with Crippen molar-refractivity contribution >= 4 is 22.8 Å². The summed E-state index contributed by atoms with van der Waals surface area (Å²) >= 11 is 0. The van der Waals surface area contributed by atoms with E-state index >= 15 is 0 Å². The molecule has 0 bridgehead atoms. The maximum Gasteiger partial charge on any atom is 0.224 e. The standard InChI is InChI=1S/C17H19N5/c1-10(2)12-9-13-15(19-3)21-17(18)22-16(13)20-14(12)11-7-5-4-6-8-11/h4-10H,1-3H3,(H3,18,19,20,21,22). The maximum atomic E-state index is 5.78. The molecule has 2 heterocycles. The molecular weight excluding hydrogens is 274 g/mol. The average Bonchev–Trinajstić information content (AvgIpc) is 2.53. The number of anilines is 2. The van der Waals surface area contributed by atoms with Gasteiger partial charge in [0.2, 0.25) is 5.95 Å². The SMILES string of the molecule is CNc1nc(N)nc2nc(-c3ccccc3)c(C(C)C)cc12. The highest BCUT2D eigenvalue weighted by molar-refractivity contribution is 5.90. The molecule has 3 aromatic rings. The lowest BCUT2D eigenvalue weighted by Gasteiger charge is -2.15. The molecule has 0 saturated heterocycles. The van der Waals surface area contributed by atoms with Gasteiger partial charge in [0.25, 0.3) is 0 Å². The minimum absolute atomic E-state index is 0.223. The molecule has 0 aliphatic rings. The van der Waals surface area contributed by atoms with Gasteiger partial charge in [-0.25, -0.2) is 4.98 Å². The van der Waals surface area contributed by atoms with Crippen LogP contribution in [-0.4, -0.2) is 22.0 Å². The number of nitrogen functional groups attached to an aromatic ring is 1. The quantitative estimate of drug-likeness (QED) is 0.773. The largest absolute Gasteiger partial charge is 0.372 e. The maximum absolute atomic E-state index is 5.78. The topological polar surface area (TPSA) is 76.7 Å². The van der Waals surface area contributed by atoms with Crippen molar-refractivity contribution in [2.45, 2.75) is 19.8 Å². The van der Waals surface area contributed by atoms with Crippen LogP contribution in [0.3, 0.4) is 0 Å². The molecule has 0 aliphatic carbocycles. The number of nitrogens with zero attached hydrogens (tertiary/aromatic N) is 3. The molecule has 5 nitrogen and oxygen atoms in total. The number of rotatable bonds is 3. The van der Waals surface area contributed by atoms with Crippen LogP contribution in [0.2, 0.25) is 0 Å². The Labute approximate surface area is 129 Å². The molecule has 0 unspecified atom stereocenters. The van der Waals surface area contributed by atoms with Crippen LogP contribution in [-0.2, 0) is 0 Å². The second-order valence-electron chi connectivity index (χ2n) is 5.50. The summed E-state index contributed by atoms with van der Waals surface area (Å²) in [5, 5.41) is 3.95. The van der Waals surface area contributed by atoms with Crippen molar-refractivity contribution in [1.29, 1.82) is 0 Å². The smallest absolute Gasteiger partial charge is 0.224 e. The predicted octanol–water partition coefficient (Wildman–Crippen LogP) is 3.44. The van der Waals surface area contributed by atoms with Gasteiger partial charge >= 0.3 is 0 Å².